The molecule has 0 spiro atoms. The second kappa shape index (κ2) is 6.91. The van der Waals surface area contributed by atoms with E-state index in [2.05, 4.69) is 5.32 Å². The van der Waals surface area contributed by atoms with Gasteiger partial charge >= 0.3 is 0 Å². The number of anilines is 1. The van der Waals surface area contributed by atoms with Gasteiger partial charge in [-0.3, -0.25) is 9.59 Å². The first-order valence-electron chi connectivity index (χ1n) is 7.40. The Balaban J connectivity index is 1.66. The lowest BCUT2D eigenvalue weighted by Gasteiger charge is -2.22. The molecule has 0 bridgehead atoms. The van der Waals surface area contributed by atoms with Crippen LogP contribution in [-0.2, 0) is 16.0 Å². The van der Waals surface area contributed by atoms with E-state index in [0.717, 1.165) is 11.3 Å². The number of carbonyl (C=O) groups is 2. The number of thioether (sulfide) groups is 1. The highest BCUT2D eigenvalue weighted by Crippen LogP contribution is 2.23. The molecule has 1 aliphatic heterocycles. The standard InChI is InChI=1S/C17H18N2O3S/c1-12-4-2-5-13(8-12)18-17(21)15-10-23-11-19(15)16(20)9-14-6-3-7-22-14/h2-8,15H,9-11H2,1H3,(H,18,21). The minimum atomic E-state index is -0.442. The summed E-state index contributed by atoms with van der Waals surface area (Å²) >= 11 is 1.59. The average Bonchev–Trinajstić information content (AvgIpc) is 3.18. The van der Waals surface area contributed by atoms with E-state index in [1.807, 2.05) is 31.2 Å². The van der Waals surface area contributed by atoms with Crippen LogP contribution in [0.25, 0.3) is 0 Å². The maximum absolute atomic E-state index is 12.5. The van der Waals surface area contributed by atoms with E-state index >= 15 is 0 Å². The summed E-state index contributed by atoms with van der Waals surface area (Å²) < 4.78 is 5.21. The van der Waals surface area contributed by atoms with Gasteiger partial charge in [-0.05, 0) is 36.8 Å². The first-order valence-corrected chi connectivity index (χ1v) is 8.56. The number of hydrogen-bond donors (Lipinski definition) is 1. The summed E-state index contributed by atoms with van der Waals surface area (Å²) in [7, 11) is 0. The fourth-order valence-corrected chi connectivity index (χ4v) is 3.70. The summed E-state index contributed by atoms with van der Waals surface area (Å²) in [5.74, 6) is 1.53. The minimum Gasteiger partial charge on any atom is -0.469 e. The van der Waals surface area contributed by atoms with E-state index in [-0.39, 0.29) is 18.2 Å². The molecule has 0 radical (unpaired) electrons. The molecule has 2 amide bonds. The predicted octanol–water partition coefficient (Wildman–Crippen LogP) is 2.67. The molecule has 1 saturated heterocycles. The Morgan fingerprint density at radius 3 is 2.96 bits per heavy atom. The van der Waals surface area contributed by atoms with Crippen molar-refractivity contribution in [1.82, 2.24) is 4.90 Å². The van der Waals surface area contributed by atoms with E-state index in [1.54, 1.807) is 35.1 Å². The number of benzene rings is 1. The zero-order chi connectivity index (χ0) is 16.2. The van der Waals surface area contributed by atoms with Crippen molar-refractivity contribution in [3.8, 4) is 0 Å². The number of amides is 2. The molecule has 2 heterocycles. The molecule has 1 aromatic carbocycles. The molecular weight excluding hydrogens is 312 g/mol. The average molecular weight is 330 g/mol. The van der Waals surface area contributed by atoms with E-state index in [4.69, 9.17) is 4.42 Å². The van der Waals surface area contributed by atoms with E-state index in [0.29, 0.717) is 17.4 Å². The molecule has 1 N–H and O–H groups in total. The third-order valence-corrected chi connectivity index (χ3v) is 4.71. The van der Waals surface area contributed by atoms with Gasteiger partial charge in [-0.2, -0.15) is 0 Å². The highest BCUT2D eigenvalue weighted by Gasteiger charge is 2.34. The van der Waals surface area contributed by atoms with Crippen molar-refractivity contribution < 1.29 is 14.0 Å². The van der Waals surface area contributed by atoms with Gasteiger partial charge in [0, 0.05) is 11.4 Å². The molecule has 1 atom stereocenters. The number of furan rings is 1. The van der Waals surface area contributed by atoms with E-state index in [9.17, 15) is 9.59 Å². The molecule has 0 aliphatic carbocycles. The summed E-state index contributed by atoms with van der Waals surface area (Å²) in [4.78, 5) is 26.5. The van der Waals surface area contributed by atoms with Crippen LogP contribution in [0.1, 0.15) is 11.3 Å². The fourth-order valence-electron chi connectivity index (χ4n) is 2.52. The van der Waals surface area contributed by atoms with Crippen molar-refractivity contribution in [3.05, 3.63) is 54.0 Å². The Morgan fingerprint density at radius 2 is 2.22 bits per heavy atom. The normalized spacial score (nSPS) is 17.3. The van der Waals surface area contributed by atoms with Crippen molar-refractivity contribution in [2.24, 2.45) is 0 Å². The van der Waals surface area contributed by atoms with Gasteiger partial charge in [0.05, 0.1) is 18.6 Å². The predicted molar refractivity (Wildman–Crippen MR) is 90.2 cm³/mol. The monoisotopic (exact) mass is 330 g/mol. The van der Waals surface area contributed by atoms with Gasteiger partial charge in [0.15, 0.2) is 0 Å². The van der Waals surface area contributed by atoms with Crippen LogP contribution in [0.2, 0.25) is 0 Å². The van der Waals surface area contributed by atoms with E-state index in [1.165, 1.54) is 0 Å². The van der Waals surface area contributed by atoms with Gasteiger partial charge in [0.2, 0.25) is 11.8 Å². The number of nitrogens with zero attached hydrogens (tertiary/aromatic N) is 1. The van der Waals surface area contributed by atoms with Crippen LogP contribution in [-0.4, -0.2) is 34.4 Å². The van der Waals surface area contributed by atoms with Gasteiger partial charge < -0.3 is 14.6 Å². The second-order valence-electron chi connectivity index (χ2n) is 5.49. The quantitative estimate of drug-likeness (QED) is 0.936. The van der Waals surface area contributed by atoms with Crippen molar-refractivity contribution in [2.45, 2.75) is 19.4 Å². The maximum atomic E-state index is 12.5. The fraction of sp³-hybridized carbons (Fsp3) is 0.294. The summed E-state index contributed by atoms with van der Waals surface area (Å²) in [5, 5.41) is 2.90. The summed E-state index contributed by atoms with van der Waals surface area (Å²) in [6.45, 7) is 1.97. The van der Waals surface area contributed by atoms with Crippen LogP contribution in [0.3, 0.4) is 0 Å². The molecule has 5 nitrogen and oxygen atoms in total. The molecule has 6 heteroatoms. The zero-order valence-electron chi connectivity index (χ0n) is 12.8. The van der Waals surface area contributed by atoms with Crippen LogP contribution in [0.4, 0.5) is 5.69 Å². The van der Waals surface area contributed by atoms with Crippen molar-refractivity contribution in [2.75, 3.05) is 16.9 Å². The molecule has 0 saturated carbocycles. The van der Waals surface area contributed by atoms with Gasteiger partial charge in [-0.1, -0.05) is 12.1 Å². The Bertz CT molecular complexity index is 700. The molecule has 120 valence electrons. The molecule has 1 aliphatic rings. The van der Waals surface area contributed by atoms with Gasteiger partial charge in [0.1, 0.15) is 11.8 Å². The van der Waals surface area contributed by atoms with Gasteiger partial charge in [0.25, 0.3) is 0 Å². The number of rotatable bonds is 4. The third-order valence-electron chi connectivity index (χ3n) is 3.70. The summed E-state index contributed by atoms with van der Waals surface area (Å²) in [6.07, 6.45) is 1.73. The lowest BCUT2D eigenvalue weighted by molar-refractivity contribution is -0.135. The Labute approximate surface area is 139 Å². The molecule has 1 aromatic heterocycles. The largest absolute Gasteiger partial charge is 0.469 e. The topological polar surface area (TPSA) is 62.6 Å². The second-order valence-corrected chi connectivity index (χ2v) is 6.49. The van der Waals surface area contributed by atoms with Crippen LogP contribution in [0.15, 0.2) is 47.1 Å². The lowest BCUT2D eigenvalue weighted by Crippen LogP contribution is -2.45. The SMILES string of the molecule is Cc1cccc(NC(=O)C2CSCN2C(=O)Cc2ccco2)c1. The zero-order valence-corrected chi connectivity index (χ0v) is 13.6. The maximum Gasteiger partial charge on any atom is 0.248 e. The van der Waals surface area contributed by atoms with Crippen LogP contribution in [0, 0.1) is 6.92 Å². The highest BCUT2D eigenvalue weighted by molar-refractivity contribution is 7.99. The Kier molecular flexibility index (Phi) is 4.71. The molecular formula is C17H18N2O3S. The summed E-state index contributed by atoms with van der Waals surface area (Å²) in [5.41, 5.74) is 1.83. The van der Waals surface area contributed by atoms with Crippen molar-refractivity contribution in [3.63, 3.8) is 0 Å². The molecule has 1 unspecified atom stereocenters. The van der Waals surface area contributed by atoms with Crippen LogP contribution < -0.4 is 5.32 Å². The number of aryl methyl sites for hydroxylation is 1. The van der Waals surface area contributed by atoms with Crippen molar-refractivity contribution in [1.29, 1.82) is 0 Å². The number of hydrogen-bond acceptors (Lipinski definition) is 4. The first-order chi connectivity index (χ1) is 11.1. The Morgan fingerprint density at radius 1 is 1.35 bits per heavy atom. The number of nitrogens with one attached hydrogen (secondary N) is 1. The number of carbonyl (C=O) groups excluding carboxylic acids is 2. The molecule has 2 aromatic rings. The van der Waals surface area contributed by atoms with Crippen LogP contribution in [0.5, 0.6) is 0 Å². The first kappa shape index (κ1) is 15.7. The third kappa shape index (κ3) is 3.76. The smallest absolute Gasteiger partial charge is 0.248 e. The Hall–Kier alpha value is -2.21. The molecule has 3 rings (SSSR count). The van der Waals surface area contributed by atoms with Crippen LogP contribution >= 0.6 is 11.8 Å². The van der Waals surface area contributed by atoms with Crippen molar-refractivity contribution >= 4 is 29.3 Å². The lowest BCUT2D eigenvalue weighted by atomic mass is 10.2. The van der Waals surface area contributed by atoms with E-state index < -0.39 is 6.04 Å². The summed E-state index contributed by atoms with van der Waals surface area (Å²) in [6, 6.07) is 10.7. The van der Waals surface area contributed by atoms with Gasteiger partial charge in [-0.15, -0.1) is 11.8 Å². The minimum absolute atomic E-state index is 0.0886. The van der Waals surface area contributed by atoms with Gasteiger partial charge in [-0.25, -0.2) is 0 Å². The molecule has 23 heavy (non-hydrogen) atoms. The highest BCUT2D eigenvalue weighted by atomic mass is 32.2. The molecule has 1 fully saturated rings.